The van der Waals surface area contributed by atoms with Crippen LogP contribution < -0.4 is 10.0 Å². The first kappa shape index (κ1) is 14.3. The Kier molecular flexibility index (Phi) is 3.59. The number of rotatable bonds is 4. The van der Waals surface area contributed by atoms with E-state index < -0.39 is 10.0 Å². The summed E-state index contributed by atoms with van der Waals surface area (Å²) >= 11 is 0. The summed E-state index contributed by atoms with van der Waals surface area (Å²) in [6, 6.07) is 6.21. The first-order chi connectivity index (χ1) is 9.99. The van der Waals surface area contributed by atoms with Crippen molar-refractivity contribution in [2.45, 2.75) is 17.7 Å². The van der Waals surface area contributed by atoms with E-state index >= 15 is 0 Å². The predicted molar refractivity (Wildman–Crippen MR) is 80.2 cm³/mol. The van der Waals surface area contributed by atoms with E-state index in [0.717, 1.165) is 12.8 Å². The first-order valence-electron chi connectivity index (χ1n) is 7.02. The number of carbonyl (C=O) groups is 1. The molecule has 5 nitrogen and oxygen atoms in total. The molecule has 112 valence electrons. The van der Waals surface area contributed by atoms with Gasteiger partial charge in [0.25, 0.3) is 0 Å². The van der Waals surface area contributed by atoms with Gasteiger partial charge in [0.2, 0.25) is 15.9 Å². The number of hydrogen-bond acceptors (Lipinski definition) is 3. The molecule has 2 bridgehead atoms. The number of sulfonamides is 1. The number of carbonyl (C=O) groups excluding carboxylic acids is 1. The fourth-order valence-corrected chi connectivity index (χ4v) is 3.88. The fourth-order valence-electron chi connectivity index (χ4n) is 3.15. The Morgan fingerprint density at radius 3 is 2.38 bits per heavy atom. The van der Waals surface area contributed by atoms with E-state index in [2.05, 4.69) is 22.2 Å². The largest absolute Gasteiger partial charge is 0.326 e. The zero-order valence-corrected chi connectivity index (χ0v) is 12.6. The third kappa shape index (κ3) is 2.73. The number of amides is 1. The van der Waals surface area contributed by atoms with Crippen LogP contribution in [0.1, 0.15) is 12.8 Å². The van der Waals surface area contributed by atoms with Gasteiger partial charge < -0.3 is 5.32 Å². The van der Waals surface area contributed by atoms with Crippen LogP contribution in [-0.4, -0.2) is 21.4 Å². The van der Waals surface area contributed by atoms with Gasteiger partial charge in [-0.15, -0.1) is 0 Å². The summed E-state index contributed by atoms with van der Waals surface area (Å²) in [6.07, 6.45) is 6.34. The topological polar surface area (TPSA) is 75.3 Å². The van der Waals surface area contributed by atoms with Gasteiger partial charge in [0.1, 0.15) is 0 Å². The van der Waals surface area contributed by atoms with Crippen LogP contribution in [0.15, 0.2) is 41.3 Å². The lowest BCUT2D eigenvalue weighted by Crippen LogP contribution is -2.26. The van der Waals surface area contributed by atoms with Gasteiger partial charge >= 0.3 is 0 Å². The van der Waals surface area contributed by atoms with Crippen molar-refractivity contribution in [3.8, 4) is 0 Å². The van der Waals surface area contributed by atoms with Crippen LogP contribution in [0.3, 0.4) is 0 Å². The minimum atomic E-state index is -3.44. The maximum Gasteiger partial charge on any atom is 0.240 e. The van der Waals surface area contributed by atoms with Crippen molar-refractivity contribution in [2.24, 2.45) is 17.8 Å². The standard InChI is InChI=1S/C15H18N2O3S/c1-16-21(19,20)13-6-4-12(5-7-13)17-15(18)14-9-10-2-3-11(14)8-10/h2-7,10-11,14,16H,8-9H2,1H3,(H,17,18)/t10-,11+,14-/m1/s1. The molecule has 3 rings (SSSR count). The second kappa shape index (κ2) is 5.27. The van der Waals surface area contributed by atoms with E-state index in [1.807, 2.05) is 0 Å². The normalized spacial score (nSPS) is 27.0. The summed E-state index contributed by atoms with van der Waals surface area (Å²) in [7, 11) is -2.07. The highest BCUT2D eigenvalue weighted by Crippen LogP contribution is 2.43. The third-order valence-electron chi connectivity index (χ3n) is 4.32. The molecule has 1 saturated carbocycles. The molecule has 0 aromatic heterocycles. The van der Waals surface area contributed by atoms with E-state index in [1.165, 1.54) is 19.2 Å². The van der Waals surface area contributed by atoms with Crippen molar-refractivity contribution < 1.29 is 13.2 Å². The van der Waals surface area contributed by atoms with Gasteiger partial charge in [-0.05, 0) is 56.0 Å². The minimum absolute atomic E-state index is 0.0241. The van der Waals surface area contributed by atoms with Crippen LogP contribution in [-0.2, 0) is 14.8 Å². The quantitative estimate of drug-likeness (QED) is 0.832. The summed E-state index contributed by atoms with van der Waals surface area (Å²) in [5, 5.41) is 2.88. The highest BCUT2D eigenvalue weighted by atomic mass is 32.2. The Labute approximate surface area is 124 Å². The predicted octanol–water partition coefficient (Wildman–Crippen LogP) is 1.75. The molecular weight excluding hydrogens is 288 g/mol. The molecule has 2 aliphatic rings. The number of nitrogens with one attached hydrogen (secondary N) is 2. The maximum atomic E-state index is 12.3. The van der Waals surface area contributed by atoms with Crippen LogP contribution >= 0.6 is 0 Å². The Hall–Kier alpha value is -1.66. The molecule has 0 aliphatic heterocycles. The van der Waals surface area contributed by atoms with Crippen LogP contribution in [0.4, 0.5) is 5.69 Å². The molecule has 0 saturated heterocycles. The van der Waals surface area contributed by atoms with Crippen molar-refractivity contribution in [1.29, 1.82) is 0 Å². The highest BCUT2D eigenvalue weighted by molar-refractivity contribution is 7.89. The van der Waals surface area contributed by atoms with Crippen molar-refractivity contribution in [3.05, 3.63) is 36.4 Å². The second-order valence-electron chi connectivity index (χ2n) is 5.61. The van der Waals surface area contributed by atoms with E-state index in [4.69, 9.17) is 0 Å². The summed E-state index contributed by atoms with van der Waals surface area (Å²) in [5.41, 5.74) is 0.627. The number of benzene rings is 1. The molecule has 1 amide bonds. The average Bonchev–Trinajstić information content (AvgIpc) is 3.10. The molecule has 21 heavy (non-hydrogen) atoms. The van der Waals surface area contributed by atoms with Crippen molar-refractivity contribution in [2.75, 3.05) is 12.4 Å². The molecule has 6 heteroatoms. The van der Waals surface area contributed by atoms with Crippen molar-refractivity contribution in [1.82, 2.24) is 4.72 Å². The Balaban J connectivity index is 1.68. The van der Waals surface area contributed by atoms with Crippen molar-refractivity contribution >= 4 is 21.6 Å². The smallest absolute Gasteiger partial charge is 0.240 e. The summed E-state index contributed by atoms with van der Waals surface area (Å²) in [4.78, 5) is 12.5. The Morgan fingerprint density at radius 2 is 1.86 bits per heavy atom. The fraction of sp³-hybridized carbons (Fsp3) is 0.400. The number of allylic oxidation sites excluding steroid dienone is 2. The molecular formula is C15H18N2O3S. The van der Waals surface area contributed by atoms with Crippen LogP contribution in [0.25, 0.3) is 0 Å². The molecule has 3 atom stereocenters. The monoisotopic (exact) mass is 306 g/mol. The maximum absolute atomic E-state index is 12.3. The molecule has 0 spiro atoms. The first-order valence-corrected chi connectivity index (χ1v) is 8.51. The summed E-state index contributed by atoms with van der Waals surface area (Å²) in [5.74, 6) is 0.977. The van der Waals surface area contributed by atoms with E-state index in [0.29, 0.717) is 17.5 Å². The number of hydrogen-bond donors (Lipinski definition) is 2. The van der Waals surface area contributed by atoms with Crippen LogP contribution in [0.2, 0.25) is 0 Å². The van der Waals surface area contributed by atoms with E-state index in [-0.39, 0.29) is 16.7 Å². The van der Waals surface area contributed by atoms with E-state index in [1.54, 1.807) is 12.1 Å². The van der Waals surface area contributed by atoms with Crippen LogP contribution in [0.5, 0.6) is 0 Å². The van der Waals surface area contributed by atoms with Gasteiger partial charge in [0, 0.05) is 11.6 Å². The molecule has 2 aliphatic carbocycles. The lowest BCUT2D eigenvalue weighted by atomic mass is 9.93. The van der Waals surface area contributed by atoms with Gasteiger partial charge in [-0.1, -0.05) is 12.2 Å². The van der Waals surface area contributed by atoms with Gasteiger partial charge in [-0.2, -0.15) is 0 Å². The second-order valence-corrected chi connectivity index (χ2v) is 7.49. The lowest BCUT2D eigenvalue weighted by Gasteiger charge is -2.17. The summed E-state index contributed by atoms with van der Waals surface area (Å²) in [6.45, 7) is 0. The van der Waals surface area contributed by atoms with Crippen molar-refractivity contribution in [3.63, 3.8) is 0 Å². The van der Waals surface area contributed by atoms with Gasteiger partial charge in [-0.25, -0.2) is 13.1 Å². The Morgan fingerprint density at radius 1 is 1.14 bits per heavy atom. The molecule has 1 aromatic rings. The molecule has 0 radical (unpaired) electrons. The minimum Gasteiger partial charge on any atom is -0.326 e. The Bertz CT molecular complexity index is 679. The zero-order valence-electron chi connectivity index (χ0n) is 11.7. The van der Waals surface area contributed by atoms with E-state index in [9.17, 15) is 13.2 Å². The van der Waals surface area contributed by atoms with Gasteiger partial charge in [-0.3, -0.25) is 4.79 Å². The molecule has 1 aromatic carbocycles. The highest BCUT2D eigenvalue weighted by Gasteiger charge is 2.39. The lowest BCUT2D eigenvalue weighted by molar-refractivity contribution is -0.120. The molecule has 0 heterocycles. The molecule has 0 unspecified atom stereocenters. The zero-order chi connectivity index (χ0) is 15.0. The number of fused-ring (bicyclic) bond motifs is 2. The van der Waals surface area contributed by atoms with Crippen LogP contribution in [0, 0.1) is 17.8 Å². The summed E-state index contributed by atoms with van der Waals surface area (Å²) < 4.78 is 25.5. The molecule has 1 fully saturated rings. The van der Waals surface area contributed by atoms with Gasteiger partial charge in [0.05, 0.1) is 4.90 Å². The molecule has 2 N–H and O–H groups in total. The number of anilines is 1. The average molecular weight is 306 g/mol. The SMILES string of the molecule is CNS(=O)(=O)c1ccc(NC(=O)[C@@H]2C[C@@H]3C=C[C@H]2C3)cc1. The third-order valence-corrected chi connectivity index (χ3v) is 5.75. The van der Waals surface area contributed by atoms with Gasteiger partial charge in [0.15, 0.2) is 0 Å².